The predicted molar refractivity (Wildman–Crippen MR) is 69.2 cm³/mol. The van der Waals surface area contributed by atoms with Crippen molar-refractivity contribution in [3.8, 4) is 0 Å². The third kappa shape index (κ3) is 4.22. The molecule has 0 spiro atoms. The number of aliphatic carboxylic acids is 1. The lowest BCUT2D eigenvalue weighted by molar-refractivity contribution is -0.149. The molecule has 0 heterocycles. The Bertz CT molecular complexity index is 277. The summed E-state index contributed by atoms with van der Waals surface area (Å²) in [6.07, 6.45) is 7.51. The Kier molecular flexibility index (Phi) is 5.82. The monoisotopic (exact) mass is 259 g/mol. The molecule has 0 saturated heterocycles. The molecular formula is C12H21NO3S. The molecule has 5 heteroatoms. The molecule has 1 aliphatic rings. The summed E-state index contributed by atoms with van der Waals surface area (Å²) in [5.74, 6) is -0.0850. The highest BCUT2D eigenvalue weighted by Gasteiger charge is 2.56. The van der Waals surface area contributed by atoms with Gasteiger partial charge in [0.1, 0.15) is 5.41 Å². The van der Waals surface area contributed by atoms with Gasteiger partial charge >= 0.3 is 5.97 Å². The van der Waals surface area contributed by atoms with Gasteiger partial charge in [0.2, 0.25) is 5.91 Å². The van der Waals surface area contributed by atoms with Gasteiger partial charge in [0.15, 0.2) is 0 Å². The average molecular weight is 259 g/mol. The third-order valence-electron chi connectivity index (χ3n) is 3.15. The Balaban J connectivity index is 2.03. The number of carboxylic acids is 1. The van der Waals surface area contributed by atoms with E-state index < -0.39 is 11.4 Å². The standard InChI is InChI=1S/C12H21NO3S/c1-17-9-5-3-2-4-8-13-10(14)12(6-7-12)11(15)16/h2-9H2,1H3,(H,13,14)(H,15,16). The molecule has 2 N–H and O–H groups in total. The lowest BCUT2D eigenvalue weighted by Gasteiger charge is -2.10. The largest absolute Gasteiger partial charge is 0.480 e. The first-order valence-corrected chi connectivity index (χ1v) is 7.53. The van der Waals surface area contributed by atoms with E-state index >= 15 is 0 Å². The molecule has 0 radical (unpaired) electrons. The fourth-order valence-electron chi connectivity index (χ4n) is 1.76. The van der Waals surface area contributed by atoms with Gasteiger partial charge in [0.05, 0.1) is 0 Å². The maximum Gasteiger partial charge on any atom is 0.319 e. The number of amides is 1. The zero-order chi connectivity index (χ0) is 12.7. The first-order valence-electron chi connectivity index (χ1n) is 6.14. The van der Waals surface area contributed by atoms with Crippen molar-refractivity contribution in [1.82, 2.24) is 5.32 Å². The molecule has 1 amide bonds. The number of hydrogen-bond donors (Lipinski definition) is 2. The van der Waals surface area contributed by atoms with Crippen LogP contribution < -0.4 is 5.32 Å². The fourth-order valence-corrected chi connectivity index (χ4v) is 2.25. The van der Waals surface area contributed by atoms with Gasteiger partial charge in [0, 0.05) is 6.54 Å². The van der Waals surface area contributed by atoms with Crippen molar-refractivity contribution in [2.45, 2.75) is 38.5 Å². The zero-order valence-electron chi connectivity index (χ0n) is 10.3. The maximum absolute atomic E-state index is 11.6. The van der Waals surface area contributed by atoms with E-state index in [0.717, 1.165) is 12.8 Å². The van der Waals surface area contributed by atoms with Crippen LogP contribution in [0, 0.1) is 5.41 Å². The molecule has 0 unspecified atom stereocenters. The summed E-state index contributed by atoms with van der Waals surface area (Å²) in [6.45, 7) is 0.604. The highest BCUT2D eigenvalue weighted by Crippen LogP contribution is 2.45. The SMILES string of the molecule is CSCCCCCCNC(=O)C1(C(=O)O)CC1. The molecule has 17 heavy (non-hydrogen) atoms. The predicted octanol–water partition coefficient (Wildman–Crippen LogP) is 1.89. The molecular weight excluding hydrogens is 238 g/mol. The van der Waals surface area contributed by atoms with E-state index in [9.17, 15) is 9.59 Å². The van der Waals surface area contributed by atoms with Crippen LogP contribution in [0.1, 0.15) is 38.5 Å². The van der Waals surface area contributed by atoms with E-state index in [4.69, 9.17) is 5.11 Å². The van der Waals surface area contributed by atoms with Crippen molar-refractivity contribution in [3.63, 3.8) is 0 Å². The number of carbonyl (C=O) groups is 2. The van der Waals surface area contributed by atoms with Gasteiger partial charge in [-0.1, -0.05) is 12.8 Å². The van der Waals surface area contributed by atoms with Gasteiger partial charge in [-0.05, 0) is 37.7 Å². The number of unbranched alkanes of at least 4 members (excludes halogenated alkanes) is 3. The summed E-state index contributed by atoms with van der Waals surface area (Å²) in [5, 5.41) is 11.6. The van der Waals surface area contributed by atoms with Gasteiger partial charge < -0.3 is 10.4 Å². The lowest BCUT2D eigenvalue weighted by Crippen LogP contribution is -2.37. The molecule has 1 fully saturated rings. The third-order valence-corrected chi connectivity index (χ3v) is 3.85. The Morgan fingerprint density at radius 2 is 1.88 bits per heavy atom. The van der Waals surface area contributed by atoms with Crippen molar-refractivity contribution >= 4 is 23.6 Å². The first kappa shape index (κ1) is 14.4. The molecule has 1 aliphatic carbocycles. The highest BCUT2D eigenvalue weighted by atomic mass is 32.2. The van der Waals surface area contributed by atoms with Gasteiger partial charge in [-0.15, -0.1) is 0 Å². The minimum atomic E-state index is -1.08. The Morgan fingerprint density at radius 3 is 2.41 bits per heavy atom. The molecule has 1 rings (SSSR count). The van der Waals surface area contributed by atoms with Gasteiger partial charge in [-0.3, -0.25) is 9.59 Å². The molecule has 1 saturated carbocycles. The molecule has 0 aliphatic heterocycles. The minimum absolute atomic E-state index is 0.297. The van der Waals surface area contributed by atoms with Crippen molar-refractivity contribution in [1.29, 1.82) is 0 Å². The lowest BCUT2D eigenvalue weighted by atomic mass is 10.1. The van der Waals surface area contributed by atoms with Crippen molar-refractivity contribution in [3.05, 3.63) is 0 Å². The summed E-state index contributed by atoms with van der Waals surface area (Å²) in [5.41, 5.74) is -1.08. The van der Waals surface area contributed by atoms with Crippen LogP contribution in [0.5, 0.6) is 0 Å². The Hall–Kier alpha value is -0.710. The van der Waals surface area contributed by atoms with Crippen LogP contribution in [0.2, 0.25) is 0 Å². The number of thioether (sulfide) groups is 1. The Labute approximate surface area is 107 Å². The van der Waals surface area contributed by atoms with Crippen LogP contribution in [0.3, 0.4) is 0 Å². The van der Waals surface area contributed by atoms with Crippen molar-refractivity contribution in [2.24, 2.45) is 5.41 Å². The number of carboxylic acid groups (broad SMARTS) is 1. The number of hydrogen-bond acceptors (Lipinski definition) is 3. The first-order chi connectivity index (χ1) is 8.13. The quantitative estimate of drug-likeness (QED) is 0.490. The van der Waals surface area contributed by atoms with E-state index in [1.807, 2.05) is 11.8 Å². The zero-order valence-corrected chi connectivity index (χ0v) is 11.1. The summed E-state index contributed by atoms with van der Waals surface area (Å²) in [4.78, 5) is 22.5. The van der Waals surface area contributed by atoms with Crippen LogP contribution in [0.25, 0.3) is 0 Å². The number of rotatable bonds is 9. The maximum atomic E-state index is 11.6. The van der Waals surface area contributed by atoms with Crippen LogP contribution in [-0.4, -0.2) is 35.5 Å². The van der Waals surface area contributed by atoms with E-state index in [2.05, 4.69) is 11.6 Å². The Morgan fingerprint density at radius 1 is 1.24 bits per heavy atom. The summed E-state index contributed by atoms with van der Waals surface area (Å²) < 4.78 is 0. The molecule has 4 nitrogen and oxygen atoms in total. The molecule has 98 valence electrons. The summed E-state index contributed by atoms with van der Waals surface area (Å²) in [7, 11) is 0. The van der Waals surface area contributed by atoms with E-state index in [1.54, 1.807) is 0 Å². The second-order valence-electron chi connectivity index (χ2n) is 4.55. The molecule has 0 aromatic heterocycles. The van der Waals surface area contributed by atoms with E-state index in [-0.39, 0.29) is 5.91 Å². The van der Waals surface area contributed by atoms with Gasteiger partial charge in [-0.2, -0.15) is 11.8 Å². The van der Waals surface area contributed by atoms with Crippen LogP contribution >= 0.6 is 11.8 Å². The highest BCUT2D eigenvalue weighted by molar-refractivity contribution is 7.98. The van der Waals surface area contributed by atoms with Gasteiger partial charge in [0.25, 0.3) is 0 Å². The fraction of sp³-hybridized carbons (Fsp3) is 0.833. The van der Waals surface area contributed by atoms with Crippen LogP contribution in [0.4, 0.5) is 0 Å². The molecule has 0 aromatic carbocycles. The van der Waals surface area contributed by atoms with Gasteiger partial charge in [-0.25, -0.2) is 0 Å². The summed E-state index contributed by atoms with van der Waals surface area (Å²) >= 11 is 1.85. The molecule has 0 aromatic rings. The summed E-state index contributed by atoms with van der Waals surface area (Å²) in [6, 6.07) is 0. The normalized spacial score (nSPS) is 16.5. The van der Waals surface area contributed by atoms with Crippen molar-refractivity contribution < 1.29 is 14.7 Å². The average Bonchev–Trinajstić information content (AvgIpc) is 3.08. The minimum Gasteiger partial charge on any atom is -0.480 e. The number of nitrogens with one attached hydrogen (secondary N) is 1. The second kappa shape index (κ2) is 6.89. The topological polar surface area (TPSA) is 66.4 Å². The smallest absolute Gasteiger partial charge is 0.319 e. The molecule has 0 bridgehead atoms. The van der Waals surface area contributed by atoms with Crippen LogP contribution in [0.15, 0.2) is 0 Å². The number of carbonyl (C=O) groups excluding carboxylic acids is 1. The van der Waals surface area contributed by atoms with Crippen LogP contribution in [-0.2, 0) is 9.59 Å². The second-order valence-corrected chi connectivity index (χ2v) is 5.54. The van der Waals surface area contributed by atoms with E-state index in [1.165, 1.54) is 18.6 Å². The van der Waals surface area contributed by atoms with E-state index in [0.29, 0.717) is 19.4 Å². The van der Waals surface area contributed by atoms with Crippen molar-refractivity contribution in [2.75, 3.05) is 18.6 Å². The molecule has 0 atom stereocenters.